The fourth-order valence-corrected chi connectivity index (χ4v) is 4.97. The summed E-state index contributed by atoms with van der Waals surface area (Å²) >= 11 is 7.01. The molecule has 0 aromatic heterocycles. The second-order valence-corrected chi connectivity index (χ2v) is 6.69. The van der Waals surface area contributed by atoms with Gasteiger partial charge in [-0.25, -0.2) is 0 Å². The molecular formula is C11H10I2S. The van der Waals surface area contributed by atoms with Crippen molar-refractivity contribution in [2.24, 2.45) is 0 Å². The molecule has 2 rings (SSSR count). The molecule has 1 aliphatic heterocycles. The third-order valence-electron chi connectivity index (χ3n) is 2.15. The van der Waals surface area contributed by atoms with Crippen molar-refractivity contribution in [3.05, 3.63) is 39.5 Å². The molecule has 14 heavy (non-hydrogen) atoms. The van der Waals surface area contributed by atoms with Crippen LogP contribution in [0.5, 0.6) is 0 Å². The van der Waals surface area contributed by atoms with Gasteiger partial charge in [0.1, 0.15) is 0 Å². The lowest BCUT2D eigenvalue weighted by Gasteiger charge is -2.04. The van der Waals surface area contributed by atoms with Crippen LogP contribution in [-0.2, 0) is 0 Å². The van der Waals surface area contributed by atoms with Crippen LogP contribution in [0.3, 0.4) is 0 Å². The van der Waals surface area contributed by atoms with Crippen molar-refractivity contribution in [1.29, 1.82) is 0 Å². The highest BCUT2D eigenvalue weighted by atomic mass is 127. The number of rotatable bonds is 2. The third-order valence-corrected chi connectivity index (χ3v) is 6.54. The molecule has 0 saturated carbocycles. The first kappa shape index (κ1) is 11.3. The Morgan fingerprint density at radius 3 is 2.57 bits per heavy atom. The fourth-order valence-electron chi connectivity index (χ4n) is 1.47. The van der Waals surface area contributed by atoms with Crippen molar-refractivity contribution in [2.45, 2.75) is 11.7 Å². The Kier molecular flexibility index (Phi) is 4.19. The van der Waals surface area contributed by atoms with Gasteiger partial charge in [-0.05, 0) is 34.6 Å². The zero-order valence-electron chi connectivity index (χ0n) is 7.54. The molecule has 1 unspecified atom stereocenters. The molecule has 1 aliphatic rings. The molecule has 0 amide bonds. The summed E-state index contributed by atoms with van der Waals surface area (Å²) in [5, 5.41) is 0.790. The Hall–Kier alpha value is 0.770. The van der Waals surface area contributed by atoms with Crippen molar-refractivity contribution < 1.29 is 0 Å². The number of alkyl halides is 1. The normalized spacial score (nSPS) is 21.7. The van der Waals surface area contributed by atoms with Crippen LogP contribution in [0.1, 0.15) is 12.0 Å². The number of allylic oxidation sites excluding steroid dienone is 1. The topological polar surface area (TPSA) is 0 Å². The Morgan fingerprint density at radius 2 is 2.00 bits per heavy atom. The summed E-state index contributed by atoms with van der Waals surface area (Å²) in [4.78, 5) is 1.49. The van der Waals surface area contributed by atoms with Crippen molar-refractivity contribution in [3.8, 4) is 0 Å². The molecular weight excluding hydrogens is 418 g/mol. The van der Waals surface area contributed by atoms with Crippen molar-refractivity contribution in [2.75, 3.05) is 4.43 Å². The summed E-state index contributed by atoms with van der Waals surface area (Å²) < 4.78 is 2.77. The highest BCUT2D eigenvalue weighted by Crippen LogP contribution is 2.46. The van der Waals surface area contributed by atoms with Gasteiger partial charge in [0.25, 0.3) is 0 Å². The fraction of sp³-hybridized carbons (Fsp3) is 0.273. The summed E-state index contributed by atoms with van der Waals surface area (Å²) in [5.41, 5.74) is 1.38. The van der Waals surface area contributed by atoms with Gasteiger partial charge in [-0.3, -0.25) is 0 Å². The lowest BCUT2D eigenvalue weighted by atomic mass is 10.2. The van der Waals surface area contributed by atoms with E-state index in [0.717, 1.165) is 5.25 Å². The second kappa shape index (κ2) is 5.21. The number of benzene rings is 1. The number of hydrogen-bond donors (Lipinski definition) is 0. The molecule has 0 aliphatic carbocycles. The van der Waals surface area contributed by atoms with Crippen LogP contribution in [-0.4, -0.2) is 9.68 Å². The predicted octanol–water partition coefficient (Wildman–Crippen LogP) is 4.73. The van der Waals surface area contributed by atoms with Gasteiger partial charge >= 0.3 is 0 Å². The molecule has 1 atom stereocenters. The zero-order chi connectivity index (χ0) is 9.97. The van der Waals surface area contributed by atoms with E-state index in [9.17, 15) is 0 Å². The van der Waals surface area contributed by atoms with E-state index < -0.39 is 0 Å². The van der Waals surface area contributed by atoms with Crippen molar-refractivity contribution in [1.82, 2.24) is 0 Å². The van der Waals surface area contributed by atoms with Crippen LogP contribution < -0.4 is 0 Å². The molecule has 0 fully saturated rings. The first-order valence-corrected chi connectivity index (χ1v) is 7.96. The molecule has 0 bridgehead atoms. The summed E-state index contributed by atoms with van der Waals surface area (Å²) in [6.45, 7) is 0. The molecule has 3 heteroatoms. The van der Waals surface area contributed by atoms with Crippen molar-refractivity contribution >= 4 is 61.8 Å². The van der Waals surface area contributed by atoms with E-state index in [0.29, 0.717) is 0 Å². The second-order valence-electron chi connectivity index (χ2n) is 3.20. The van der Waals surface area contributed by atoms with E-state index in [1.807, 2.05) is 11.8 Å². The summed E-state index contributed by atoms with van der Waals surface area (Å²) in [6.07, 6.45) is 1.25. The van der Waals surface area contributed by atoms with E-state index >= 15 is 0 Å². The lowest BCUT2D eigenvalue weighted by molar-refractivity contribution is 1.03. The average Bonchev–Trinajstić information content (AvgIpc) is 2.61. The van der Waals surface area contributed by atoms with Crippen LogP contribution in [0.25, 0.3) is 4.91 Å². The third kappa shape index (κ3) is 2.47. The predicted molar refractivity (Wildman–Crippen MR) is 82.3 cm³/mol. The van der Waals surface area contributed by atoms with E-state index in [4.69, 9.17) is 0 Å². The van der Waals surface area contributed by atoms with E-state index in [2.05, 4.69) is 75.5 Å². The van der Waals surface area contributed by atoms with Crippen LogP contribution in [0.15, 0.2) is 33.9 Å². The molecule has 1 aromatic carbocycles. The maximum absolute atomic E-state index is 2.49. The minimum atomic E-state index is 0.790. The standard InChI is InChI=1S/C11H10I2S/c12-7-9-6-10(13)11(14-9)8-4-2-1-3-5-8/h1-5,9H,6-7H2. The minimum absolute atomic E-state index is 0.790. The lowest BCUT2D eigenvalue weighted by Crippen LogP contribution is -1.96. The Bertz CT molecular complexity index is 346. The average molecular weight is 428 g/mol. The Labute approximate surface area is 116 Å². The van der Waals surface area contributed by atoms with E-state index in [1.54, 1.807) is 0 Å². The largest absolute Gasteiger partial charge is 0.120 e. The van der Waals surface area contributed by atoms with Crippen LogP contribution in [0.2, 0.25) is 0 Å². The molecule has 0 spiro atoms. The molecule has 0 nitrogen and oxygen atoms in total. The molecule has 0 saturated heterocycles. The maximum atomic E-state index is 2.49. The molecule has 0 N–H and O–H groups in total. The smallest absolute Gasteiger partial charge is 0.0241 e. The molecule has 74 valence electrons. The van der Waals surface area contributed by atoms with Gasteiger partial charge in [0.15, 0.2) is 0 Å². The molecule has 1 aromatic rings. The SMILES string of the molecule is ICC1CC(I)=C(c2ccccc2)S1. The Morgan fingerprint density at radius 1 is 1.29 bits per heavy atom. The van der Waals surface area contributed by atoms with E-state index in [-0.39, 0.29) is 0 Å². The first-order valence-electron chi connectivity index (χ1n) is 4.48. The van der Waals surface area contributed by atoms with Crippen LogP contribution in [0.4, 0.5) is 0 Å². The zero-order valence-corrected chi connectivity index (χ0v) is 12.7. The summed E-state index contributed by atoms with van der Waals surface area (Å²) in [7, 11) is 0. The highest BCUT2D eigenvalue weighted by Gasteiger charge is 2.23. The molecule has 1 heterocycles. The van der Waals surface area contributed by atoms with Gasteiger partial charge in [-0.15, -0.1) is 11.8 Å². The first-order chi connectivity index (χ1) is 6.81. The number of thioether (sulfide) groups is 1. The van der Waals surface area contributed by atoms with E-state index in [1.165, 1.54) is 24.9 Å². The van der Waals surface area contributed by atoms with Crippen LogP contribution >= 0.6 is 56.9 Å². The van der Waals surface area contributed by atoms with Gasteiger partial charge in [-0.2, -0.15) is 0 Å². The van der Waals surface area contributed by atoms with Gasteiger partial charge in [-0.1, -0.05) is 52.9 Å². The van der Waals surface area contributed by atoms with Gasteiger partial charge in [0.2, 0.25) is 0 Å². The highest BCUT2D eigenvalue weighted by molar-refractivity contribution is 14.1. The Balaban J connectivity index is 2.24. The molecule has 0 radical (unpaired) electrons. The maximum Gasteiger partial charge on any atom is 0.0241 e. The van der Waals surface area contributed by atoms with Crippen molar-refractivity contribution in [3.63, 3.8) is 0 Å². The number of hydrogen-bond acceptors (Lipinski definition) is 1. The quantitative estimate of drug-likeness (QED) is 0.485. The minimum Gasteiger partial charge on any atom is -0.120 e. The van der Waals surface area contributed by atoms with Gasteiger partial charge in [0, 0.05) is 18.2 Å². The monoisotopic (exact) mass is 428 g/mol. The van der Waals surface area contributed by atoms with Gasteiger partial charge in [0.05, 0.1) is 0 Å². The summed E-state index contributed by atoms with van der Waals surface area (Å²) in [5.74, 6) is 0. The summed E-state index contributed by atoms with van der Waals surface area (Å²) in [6, 6.07) is 10.7. The number of halogens is 2. The van der Waals surface area contributed by atoms with Gasteiger partial charge < -0.3 is 0 Å². The van der Waals surface area contributed by atoms with Crippen LogP contribution in [0, 0.1) is 0 Å².